The Bertz CT molecular complexity index is 963. The lowest BCUT2D eigenvalue weighted by molar-refractivity contribution is -0.111. The SMILES string of the molecule is O=C(/C=C/c1nc2ccccc2s1)Nc1cc(Br)ccc1N1CCOCC1. The molecule has 0 spiro atoms. The Balaban J connectivity index is 1.51. The van der Waals surface area contributed by atoms with E-state index in [4.69, 9.17) is 4.74 Å². The van der Waals surface area contributed by atoms with Crippen LogP contribution in [0.25, 0.3) is 16.3 Å². The number of morpholine rings is 1. The molecule has 3 aromatic rings. The van der Waals surface area contributed by atoms with Crippen molar-refractivity contribution in [3.8, 4) is 0 Å². The highest BCUT2D eigenvalue weighted by atomic mass is 79.9. The molecule has 0 radical (unpaired) electrons. The van der Waals surface area contributed by atoms with E-state index in [9.17, 15) is 4.79 Å². The van der Waals surface area contributed by atoms with Crippen LogP contribution in [0.5, 0.6) is 0 Å². The molecule has 1 saturated heterocycles. The molecular weight excluding hydrogens is 426 g/mol. The van der Waals surface area contributed by atoms with E-state index in [-0.39, 0.29) is 5.91 Å². The number of carbonyl (C=O) groups excluding carboxylic acids is 1. The number of nitrogens with zero attached hydrogens (tertiary/aromatic N) is 2. The monoisotopic (exact) mass is 443 g/mol. The van der Waals surface area contributed by atoms with E-state index in [1.165, 1.54) is 6.08 Å². The van der Waals surface area contributed by atoms with Gasteiger partial charge in [0.2, 0.25) is 5.91 Å². The lowest BCUT2D eigenvalue weighted by atomic mass is 10.2. The molecule has 1 amide bonds. The van der Waals surface area contributed by atoms with Crippen LogP contribution in [0.15, 0.2) is 53.0 Å². The Morgan fingerprint density at radius 2 is 2.04 bits per heavy atom. The summed E-state index contributed by atoms with van der Waals surface area (Å²) in [5, 5.41) is 3.81. The number of amides is 1. The second-order valence-corrected chi connectivity index (χ2v) is 8.08. The second kappa shape index (κ2) is 8.21. The van der Waals surface area contributed by atoms with Crippen molar-refractivity contribution in [2.45, 2.75) is 0 Å². The summed E-state index contributed by atoms with van der Waals surface area (Å²) in [7, 11) is 0. The highest BCUT2D eigenvalue weighted by molar-refractivity contribution is 9.10. The molecule has 0 aliphatic carbocycles. The summed E-state index contributed by atoms with van der Waals surface area (Å²) < 4.78 is 7.45. The number of halogens is 1. The number of rotatable bonds is 4. The van der Waals surface area contributed by atoms with Gasteiger partial charge >= 0.3 is 0 Å². The van der Waals surface area contributed by atoms with Crippen LogP contribution in [-0.4, -0.2) is 37.2 Å². The van der Waals surface area contributed by atoms with Crippen LogP contribution < -0.4 is 10.2 Å². The number of nitrogens with one attached hydrogen (secondary N) is 1. The summed E-state index contributed by atoms with van der Waals surface area (Å²) in [6.07, 6.45) is 3.29. The summed E-state index contributed by atoms with van der Waals surface area (Å²) in [6, 6.07) is 13.9. The molecule has 4 rings (SSSR count). The summed E-state index contributed by atoms with van der Waals surface area (Å²) in [5.41, 5.74) is 2.73. The van der Waals surface area contributed by atoms with Gasteiger partial charge in [0.25, 0.3) is 0 Å². The fourth-order valence-corrected chi connectivity index (χ4v) is 4.20. The van der Waals surface area contributed by atoms with Gasteiger partial charge in [0.1, 0.15) is 5.01 Å². The van der Waals surface area contributed by atoms with Crippen molar-refractivity contribution >= 4 is 60.8 Å². The molecule has 5 nitrogen and oxygen atoms in total. The standard InChI is InChI=1S/C20H18BrN3O2S/c21-14-5-6-17(24-9-11-26-12-10-24)16(13-14)22-19(25)7-8-20-23-15-3-1-2-4-18(15)27-20/h1-8,13H,9-12H2,(H,22,25)/b8-7+. The first-order valence-electron chi connectivity index (χ1n) is 8.66. The normalized spacial score (nSPS) is 14.8. The summed E-state index contributed by atoms with van der Waals surface area (Å²) in [4.78, 5) is 19.2. The van der Waals surface area contributed by atoms with Crippen molar-refractivity contribution in [3.63, 3.8) is 0 Å². The summed E-state index contributed by atoms with van der Waals surface area (Å²) in [6.45, 7) is 3.01. The molecule has 1 fully saturated rings. The molecule has 1 aromatic heterocycles. The molecule has 1 N–H and O–H groups in total. The molecule has 0 unspecified atom stereocenters. The van der Waals surface area contributed by atoms with Gasteiger partial charge in [0.15, 0.2) is 0 Å². The van der Waals surface area contributed by atoms with Crippen molar-refractivity contribution < 1.29 is 9.53 Å². The van der Waals surface area contributed by atoms with Crippen LogP contribution in [0.1, 0.15) is 5.01 Å². The van der Waals surface area contributed by atoms with Gasteiger partial charge in [-0.1, -0.05) is 28.1 Å². The van der Waals surface area contributed by atoms with Crippen LogP contribution in [0.2, 0.25) is 0 Å². The molecule has 2 heterocycles. The molecular formula is C20H18BrN3O2S. The molecule has 0 atom stereocenters. The molecule has 0 bridgehead atoms. The zero-order chi connectivity index (χ0) is 18.6. The summed E-state index contributed by atoms with van der Waals surface area (Å²) >= 11 is 5.05. The van der Waals surface area contributed by atoms with Crippen LogP contribution in [0.4, 0.5) is 11.4 Å². The minimum absolute atomic E-state index is 0.179. The van der Waals surface area contributed by atoms with Crippen LogP contribution in [-0.2, 0) is 9.53 Å². The number of carbonyl (C=O) groups is 1. The molecule has 0 saturated carbocycles. The maximum atomic E-state index is 12.5. The van der Waals surface area contributed by atoms with E-state index in [0.717, 1.165) is 44.2 Å². The second-order valence-electron chi connectivity index (χ2n) is 6.10. The van der Waals surface area contributed by atoms with E-state index < -0.39 is 0 Å². The highest BCUT2D eigenvalue weighted by Gasteiger charge is 2.16. The highest BCUT2D eigenvalue weighted by Crippen LogP contribution is 2.30. The molecule has 1 aliphatic heterocycles. The third kappa shape index (κ3) is 4.37. The molecule has 2 aromatic carbocycles. The van der Waals surface area contributed by atoms with Gasteiger partial charge in [0, 0.05) is 23.6 Å². The smallest absolute Gasteiger partial charge is 0.248 e. The molecule has 7 heteroatoms. The van der Waals surface area contributed by atoms with E-state index in [2.05, 4.69) is 31.1 Å². The number of para-hydroxylation sites is 1. The molecule has 27 heavy (non-hydrogen) atoms. The van der Waals surface area contributed by atoms with Crippen molar-refractivity contribution in [3.05, 3.63) is 58.0 Å². The van der Waals surface area contributed by atoms with Gasteiger partial charge in [-0.25, -0.2) is 4.98 Å². The average Bonchev–Trinajstić information content (AvgIpc) is 3.10. The quantitative estimate of drug-likeness (QED) is 0.600. The Morgan fingerprint density at radius 3 is 2.85 bits per heavy atom. The first-order valence-corrected chi connectivity index (χ1v) is 10.3. The minimum atomic E-state index is -0.179. The zero-order valence-corrected chi connectivity index (χ0v) is 16.9. The van der Waals surface area contributed by atoms with Gasteiger partial charge in [0.05, 0.1) is 34.8 Å². The van der Waals surface area contributed by atoms with Crippen molar-refractivity contribution in [2.75, 3.05) is 36.5 Å². The predicted octanol–water partition coefficient (Wildman–Crippen LogP) is 4.55. The van der Waals surface area contributed by atoms with Gasteiger partial charge in [-0.15, -0.1) is 11.3 Å². The van der Waals surface area contributed by atoms with E-state index in [1.807, 2.05) is 42.5 Å². The van der Waals surface area contributed by atoms with E-state index in [0.29, 0.717) is 13.2 Å². The number of anilines is 2. The number of hydrogen-bond donors (Lipinski definition) is 1. The van der Waals surface area contributed by atoms with E-state index >= 15 is 0 Å². The zero-order valence-electron chi connectivity index (χ0n) is 14.5. The first kappa shape index (κ1) is 18.2. The van der Waals surface area contributed by atoms with E-state index in [1.54, 1.807) is 17.4 Å². The third-order valence-electron chi connectivity index (χ3n) is 4.26. The van der Waals surface area contributed by atoms with Crippen molar-refractivity contribution in [1.82, 2.24) is 4.98 Å². The van der Waals surface area contributed by atoms with Gasteiger partial charge in [-0.3, -0.25) is 4.79 Å². The van der Waals surface area contributed by atoms with Crippen molar-refractivity contribution in [1.29, 1.82) is 0 Å². The number of benzene rings is 2. The van der Waals surface area contributed by atoms with Crippen molar-refractivity contribution in [2.24, 2.45) is 0 Å². The third-order valence-corrected chi connectivity index (χ3v) is 5.75. The van der Waals surface area contributed by atoms with Crippen LogP contribution in [0, 0.1) is 0 Å². The molecule has 138 valence electrons. The number of fused-ring (bicyclic) bond motifs is 1. The minimum Gasteiger partial charge on any atom is -0.378 e. The Hall–Kier alpha value is -2.22. The topological polar surface area (TPSA) is 54.5 Å². The fraction of sp³-hybridized carbons (Fsp3) is 0.200. The van der Waals surface area contributed by atoms with Crippen LogP contribution >= 0.6 is 27.3 Å². The Kier molecular flexibility index (Phi) is 5.52. The number of aromatic nitrogens is 1. The number of ether oxygens (including phenoxy) is 1. The summed E-state index contributed by atoms with van der Waals surface area (Å²) in [5.74, 6) is -0.179. The number of thiazole rings is 1. The largest absolute Gasteiger partial charge is 0.378 e. The Morgan fingerprint density at radius 1 is 1.22 bits per heavy atom. The average molecular weight is 444 g/mol. The Labute approximate surface area is 169 Å². The lowest BCUT2D eigenvalue weighted by Gasteiger charge is -2.30. The fourth-order valence-electron chi connectivity index (χ4n) is 2.97. The van der Waals surface area contributed by atoms with Gasteiger partial charge < -0.3 is 15.0 Å². The lowest BCUT2D eigenvalue weighted by Crippen LogP contribution is -2.36. The van der Waals surface area contributed by atoms with Gasteiger partial charge in [-0.05, 0) is 36.4 Å². The van der Waals surface area contributed by atoms with Crippen LogP contribution in [0.3, 0.4) is 0 Å². The molecule has 1 aliphatic rings. The maximum Gasteiger partial charge on any atom is 0.248 e. The number of hydrogen-bond acceptors (Lipinski definition) is 5. The maximum absolute atomic E-state index is 12.5. The first-order chi connectivity index (χ1) is 13.2. The predicted molar refractivity (Wildman–Crippen MR) is 114 cm³/mol. The van der Waals surface area contributed by atoms with Gasteiger partial charge in [-0.2, -0.15) is 0 Å².